The van der Waals surface area contributed by atoms with Crippen molar-refractivity contribution in [3.63, 3.8) is 0 Å². The number of hydrogen-bond acceptors (Lipinski definition) is 45. The lowest BCUT2D eigenvalue weighted by Gasteiger charge is -2.51. The second-order valence-electron chi connectivity index (χ2n) is 31.8. The van der Waals surface area contributed by atoms with Gasteiger partial charge in [0.2, 0.25) is 0 Å². The highest BCUT2D eigenvalue weighted by molar-refractivity contribution is 6.26. The van der Waals surface area contributed by atoms with E-state index in [1.807, 2.05) is 48.5 Å². The Hall–Kier alpha value is -4.37. The van der Waals surface area contributed by atoms with Crippen molar-refractivity contribution in [2.45, 2.75) is 246 Å². The first-order valence-corrected chi connectivity index (χ1v) is 40.9. The average Bonchev–Trinajstić information content (AvgIpc) is 0.733. The van der Waals surface area contributed by atoms with E-state index in [-0.39, 0.29) is 91.5 Å². The van der Waals surface area contributed by atoms with Crippen LogP contribution in [0.2, 0.25) is 0 Å². The van der Waals surface area contributed by atoms with E-state index in [1.54, 1.807) is 9.80 Å². The summed E-state index contributed by atoms with van der Waals surface area (Å²) in [7, 11) is 0. The monoisotopic (exact) mass is 1770 g/mol. The molecule has 31 aliphatic rings. The Balaban J connectivity index is 0.704. The Bertz CT molecular complexity index is 3900. The molecule has 46 nitrogen and oxygen atoms in total. The summed E-state index contributed by atoms with van der Waals surface area (Å²) in [5.41, 5.74) is 0.512. The van der Waals surface area contributed by atoms with Crippen molar-refractivity contribution in [3.05, 3.63) is 60.2 Å². The highest BCUT2D eigenvalue weighted by atomic mass is 16.8. The van der Waals surface area contributed by atoms with E-state index in [4.69, 9.17) is 94.7 Å². The SMILES string of the molecule is O=C(c1ccc2ccc3cccc4ccc1c2c34)N1CCOCCOCCN(C[C@H]2O[C@@H]3O[C@H]4[C@H](O)[C@@H](O)[C@@H](O[C@H]5[C@H](O)[C@@H](O)[C@@H](O[C@H]6[C@H](O)[C@@H](O)[C@@H](O[C@H]7[C@H](O)[C@@H](O)[C@@H](O[C@H]8[C@H](O)[C@@H](O)[C@@H](O[C@H]9[C@H](O)[C@@H](O)[C@@H](O[C@H]%10[C@H](O)[C@@H](O)[C@@H](O[C@H]2[C@H](O)[C@H]3O)O[C@@H]%10CO)O[C@@H]9CO)O[C@@H]8CO)O[C@@H]7CO)O[C@@H]6CO)O[C@@H]5CO)O[C@@H]4CO)CCOCCOCC1. The van der Waals surface area contributed by atoms with Gasteiger partial charge in [-0.05, 0) is 38.4 Å². The third-order valence-corrected chi connectivity index (χ3v) is 24.1. The smallest absolute Gasteiger partial charge is 0.254 e. The van der Waals surface area contributed by atoms with Crippen molar-refractivity contribution < 1.29 is 217 Å². The molecular formula is C77H112N2O44. The van der Waals surface area contributed by atoms with Gasteiger partial charge < -0.3 is 217 Å². The predicted molar refractivity (Wildman–Crippen MR) is 400 cm³/mol. The zero-order valence-corrected chi connectivity index (χ0v) is 66.2. The topological polar surface area (TPSA) is 673 Å². The molecule has 31 saturated heterocycles. The largest absolute Gasteiger partial charge is 0.394 e. The van der Waals surface area contributed by atoms with Gasteiger partial charge >= 0.3 is 0 Å². The molecule has 0 saturated carbocycles. The predicted octanol–water partition coefficient (Wildman–Crippen LogP) is -13.0. The molecule has 1 amide bonds. The van der Waals surface area contributed by atoms with Crippen LogP contribution in [0.1, 0.15) is 10.4 Å². The van der Waals surface area contributed by atoms with Crippen molar-refractivity contribution >= 4 is 38.2 Å². The van der Waals surface area contributed by atoms with Gasteiger partial charge in [0.1, 0.15) is 195 Å². The second kappa shape index (κ2) is 42.2. The van der Waals surface area contributed by atoms with Gasteiger partial charge in [0.05, 0.1) is 99.1 Å². The van der Waals surface area contributed by atoms with Gasteiger partial charge in [-0.2, -0.15) is 0 Å². The molecule has 23 N–H and O–H groups in total. The molecule has 16 bridgehead atoms. The Kier molecular flexibility index (Phi) is 32.5. The van der Waals surface area contributed by atoms with Crippen LogP contribution in [0.15, 0.2) is 54.6 Å². The molecule has 31 aliphatic heterocycles. The van der Waals surface area contributed by atoms with Gasteiger partial charge in [-0.3, -0.25) is 9.69 Å². The first-order valence-electron chi connectivity index (χ1n) is 40.9. The van der Waals surface area contributed by atoms with Gasteiger partial charge in [0.25, 0.3) is 5.91 Å². The standard InChI is InChI=1S/C77H112N2O44/c80-23-36-62-47(89)55(97)72(110-36)119-64-38(25-82)112-74(57(99)49(64)91)121-66-40(27-84)114-76(59(101)51(66)93)123-68-42(29-86)115-77(60(102)52(68)94)122-67-41(28-85)113-75(58(100)50(67)92)120-65-39(26-83)111-73(56(98)48(65)90)118-63-37(24-81)109-71(54(96)46(63)88)116-61-35(108-70(117-62)53(95)45(61)87)22-78-10-14-104-18-20-106-16-12-79(13-17-107-21-19-105-15-11-78)69(103)34-9-7-32-5-4-30-2-1-3-31-6-8-33(34)44(32)43(30)31/h1-9,35-42,45-68,70-77,80-102H,10-29H2/t35-,36-,37-,38-,39-,40-,41-,42-,45-,46-,47-,48-,49-,50-,51-,52-,53-,54-,55-,56-,57-,58-,59-,60-,61-,62-,63-,64-,65-,66-,67-,68-,70-,71-,72-,73-,74-,75-,76-,77-/m1/s1. The number of rotatable bonds is 10. The van der Waals surface area contributed by atoms with Crippen molar-refractivity contribution in [1.82, 2.24) is 9.80 Å². The summed E-state index contributed by atoms with van der Waals surface area (Å²) in [4.78, 5) is 17.9. The number of amides is 1. The lowest BCUT2D eigenvalue weighted by molar-refractivity contribution is -0.403. The van der Waals surface area contributed by atoms with E-state index in [1.165, 1.54) is 0 Å². The van der Waals surface area contributed by atoms with Crippen LogP contribution >= 0.6 is 0 Å². The number of carbonyl (C=O) groups excluding carboxylic acids is 1. The van der Waals surface area contributed by atoms with Crippen molar-refractivity contribution in [2.24, 2.45) is 0 Å². The first-order chi connectivity index (χ1) is 59.2. The van der Waals surface area contributed by atoms with Gasteiger partial charge in [-0.1, -0.05) is 48.5 Å². The van der Waals surface area contributed by atoms with E-state index in [2.05, 4.69) is 6.07 Å². The van der Waals surface area contributed by atoms with E-state index in [9.17, 15) is 122 Å². The molecule has 0 spiro atoms. The lowest BCUT2D eigenvalue weighted by Crippen LogP contribution is -2.69. The molecule has 0 aliphatic carbocycles. The van der Waals surface area contributed by atoms with Gasteiger partial charge in [0, 0.05) is 38.3 Å². The third-order valence-electron chi connectivity index (χ3n) is 24.1. The fourth-order valence-electron chi connectivity index (χ4n) is 17.2. The maximum Gasteiger partial charge on any atom is 0.254 e. The quantitative estimate of drug-likeness (QED) is 0.0656. The summed E-state index contributed by atoms with van der Waals surface area (Å²) in [5.74, 6) is -0.224. The maximum absolute atomic E-state index is 14.6. The van der Waals surface area contributed by atoms with Crippen LogP contribution in [0.3, 0.4) is 0 Å². The Morgan fingerprint density at radius 3 is 0.756 bits per heavy atom. The summed E-state index contributed by atoms with van der Waals surface area (Å²) < 4.78 is 119. The fourth-order valence-corrected chi connectivity index (χ4v) is 17.2. The molecule has 4 aromatic rings. The first kappa shape index (κ1) is 94.7. The zero-order valence-electron chi connectivity index (χ0n) is 66.2. The molecule has 40 atom stereocenters. The van der Waals surface area contributed by atoms with Crippen LogP contribution in [0.4, 0.5) is 0 Å². The summed E-state index contributed by atoms with van der Waals surface area (Å²) >= 11 is 0. The lowest BCUT2D eigenvalue weighted by atomic mass is 9.91. The summed E-state index contributed by atoms with van der Waals surface area (Å²) in [5, 5.41) is 269. The van der Waals surface area contributed by atoms with Gasteiger partial charge in [-0.15, -0.1) is 0 Å². The highest BCUT2D eigenvalue weighted by Crippen LogP contribution is 2.42. The van der Waals surface area contributed by atoms with Crippen LogP contribution in [0, 0.1) is 0 Å². The Morgan fingerprint density at radius 1 is 0.260 bits per heavy atom. The normalized spacial score (nSPS) is 45.2. The summed E-state index contributed by atoms with van der Waals surface area (Å²) in [6.07, 6.45) is -83.0. The van der Waals surface area contributed by atoms with E-state index in [0.717, 1.165) is 32.3 Å². The van der Waals surface area contributed by atoms with Crippen molar-refractivity contribution in [3.8, 4) is 0 Å². The number of aliphatic hydroxyl groups is 23. The minimum absolute atomic E-state index is 0.0302. The molecule has 4 aromatic carbocycles. The van der Waals surface area contributed by atoms with Crippen molar-refractivity contribution in [1.29, 1.82) is 0 Å². The highest BCUT2D eigenvalue weighted by Gasteiger charge is 2.61. The summed E-state index contributed by atoms with van der Waals surface area (Å²) in [6.45, 7) is -7.26. The summed E-state index contributed by atoms with van der Waals surface area (Å²) in [6, 6.07) is 17.9. The minimum atomic E-state index is -2.29. The second-order valence-corrected chi connectivity index (χ2v) is 31.8. The van der Waals surface area contributed by atoms with Crippen LogP contribution in [0.5, 0.6) is 0 Å². The Labute approximate surface area is 700 Å². The maximum atomic E-state index is 14.6. The van der Waals surface area contributed by atoms with E-state index in [0.29, 0.717) is 5.56 Å². The number of aliphatic hydroxyl groups excluding tert-OH is 23. The van der Waals surface area contributed by atoms with Gasteiger partial charge in [0.15, 0.2) is 50.3 Å². The molecule has 31 fully saturated rings. The fraction of sp³-hybridized carbons (Fsp3) is 0.779. The number of benzene rings is 4. The molecule has 31 heterocycles. The van der Waals surface area contributed by atoms with Crippen LogP contribution in [0.25, 0.3) is 32.3 Å². The number of carbonyl (C=O) groups is 1. The number of nitrogens with zero attached hydrogens (tertiary/aromatic N) is 2. The van der Waals surface area contributed by atoms with Gasteiger partial charge in [-0.25, -0.2) is 0 Å². The average molecular weight is 1770 g/mol. The molecule has 0 radical (unpaired) electrons. The number of hydrogen-bond donors (Lipinski definition) is 23. The molecule has 0 aromatic heterocycles. The molecule has 35 rings (SSSR count). The zero-order chi connectivity index (χ0) is 87.5. The minimum Gasteiger partial charge on any atom is -0.394 e. The Morgan fingerprint density at radius 2 is 0.488 bits per heavy atom. The third kappa shape index (κ3) is 20.0. The van der Waals surface area contributed by atoms with Crippen LogP contribution in [-0.2, 0) is 94.7 Å². The molecule has 694 valence electrons. The van der Waals surface area contributed by atoms with E-state index >= 15 is 0 Å². The molecule has 0 unspecified atom stereocenters. The molecule has 123 heavy (non-hydrogen) atoms. The number of ether oxygens (including phenoxy) is 20. The van der Waals surface area contributed by atoms with E-state index < -0.39 is 292 Å². The molecular weight excluding hydrogens is 1660 g/mol. The van der Waals surface area contributed by atoms with Crippen LogP contribution < -0.4 is 0 Å². The van der Waals surface area contributed by atoms with Crippen molar-refractivity contribution in [2.75, 3.05) is 132 Å². The van der Waals surface area contributed by atoms with Crippen LogP contribution in [-0.4, -0.2) is 511 Å². The molecule has 46 heteroatoms.